The Labute approximate surface area is 242 Å². The second-order valence-electron chi connectivity index (χ2n) is 13.2. The van der Waals surface area contributed by atoms with Gasteiger partial charge in [0.2, 0.25) is 0 Å². The van der Waals surface area contributed by atoms with Gasteiger partial charge in [-0.05, 0) is 79.5 Å². The third kappa shape index (κ3) is 6.18. The molecule has 3 atom stereocenters. The summed E-state index contributed by atoms with van der Waals surface area (Å²) < 4.78 is 18.6. The Hall–Kier alpha value is -2.49. The summed E-state index contributed by atoms with van der Waals surface area (Å²) in [6.45, 7) is 4.14. The number of carbonyl (C=O) groups is 1. The molecule has 6 aliphatic rings. The van der Waals surface area contributed by atoms with E-state index in [4.69, 9.17) is 14.2 Å². The summed E-state index contributed by atoms with van der Waals surface area (Å²) in [5, 5.41) is 16.0. The minimum absolute atomic E-state index is 0.00892. The molecule has 8 heteroatoms. The van der Waals surface area contributed by atoms with Gasteiger partial charge in [-0.15, -0.1) is 0 Å². The molecular weight excluding hydrogens is 518 g/mol. The topological polar surface area (TPSA) is 92.3 Å². The number of nitrogens with zero attached hydrogens (tertiary/aromatic N) is 1. The summed E-state index contributed by atoms with van der Waals surface area (Å²) in [6, 6.07) is 15.7. The van der Waals surface area contributed by atoms with Crippen molar-refractivity contribution in [1.82, 2.24) is 10.2 Å². The Morgan fingerprint density at radius 2 is 1.61 bits per heavy atom. The third-order valence-electron chi connectivity index (χ3n) is 10.0. The van der Waals surface area contributed by atoms with Crippen molar-refractivity contribution in [3.05, 3.63) is 65.2 Å². The SMILES string of the molecule is O=C(Nc1cccc([C@@H]2O[C@H](CN3CCOCC3)C[C@H](c3ccc(CO)cc3)O2)c1)NC12CC3CC(CC(C3)C1)C2. The number of hydrogen-bond donors (Lipinski definition) is 3. The number of hydrogen-bond acceptors (Lipinski definition) is 6. The maximum atomic E-state index is 13.2. The molecule has 2 aromatic rings. The van der Waals surface area contributed by atoms with Gasteiger partial charge in [-0.3, -0.25) is 4.90 Å². The molecule has 8 rings (SSSR count). The molecule has 4 saturated carbocycles. The normalized spacial score (nSPS) is 34.9. The van der Waals surface area contributed by atoms with Gasteiger partial charge in [0.05, 0.1) is 32.0 Å². The maximum absolute atomic E-state index is 13.2. The van der Waals surface area contributed by atoms with E-state index in [1.807, 2.05) is 48.5 Å². The van der Waals surface area contributed by atoms with Crippen LogP contribution in [0.2, 0.25) is 0 Å². The number of urea groups is 1. The van der Waals surface area contributed by atoms with Gasteiger partial charge in [0.25, 0.3) is 0 Å². The van der Waals surface area contributed by atoms with Crippen LogP contribution in [0.5, 0.6) is 0 Å². The second kappa shape index (κ2) is 11.7. The molecule has 41 heavy (non-hydrogen) atoms. The molecule has 4 aliphatic carbocycles. The van der Waals surface area contributed by atoms with E-state index in [0.29, 0.717) is 0 Å². The first-order chi connectivity index (χ1) is 20.0. The summed E-state index contributed by atoms with van der Waals surface area (Å²) in [7, 11) is 0. The average Bonchev–Trinajstić information content (AvgIpc) is 2.97. The van der Waals surface area contributed by atoms with Crippen LogP contribution in [-0.2, 0) is 20.8 Å². The van der Waals surface area contributed by atoms with E-state index in [2.05, 4.69) is 15.5 Å². The Balaban J connectivity index is 1.05. The molecule has 0 spiro atoms. The summed E-state index contributed by atoms with van der Waals surface area (Å²) >= 11 is 0. The van der Waals surface area contributed by atoms with Crippen LogP contribution < -0.4 is 10.6 Å². The molecule has 0 aromatic heterocycles. The number of nitrogens with one attached hydrogen (secondary N) is 2. The fraction of sp³-hybridized carbons (Fsp3) is 0.606. The summed E-state index contributed by atoms with van der Waals surface area (Å²) in [4.78, 5) is 15.6. The van der Waals surface area contributed by atoms with Crippen molar-refractivity contribution in [2.75, 3.05) is 38.2 Å². The molecule has 0 unspecified atom stereocenters. The summed E-state index contributed by atoms with van der Waals surface area (Å²) in [5.41, 5.74) is 3.56. The highest BCUT2D eigenvalue weighted by molar-refractivity contribution is 5.89. The number of carbonyl (C=O) groups excluding carboxylic acids is 1. The van der Waals surface area contributed by atoms with Gasteiger partial charge in [-0.25, -0.2) is 4.79 Å². The van der Waals surface area contributed by atoms with Crippen molar-refractivity contribution in [2.45, 2.75) is 75.6 Å². The molecule has 3 N–H and O–H groups in total. The van der Waals surface area contributed by atoms with Crippen LogP contribution in [0.4, 0.5) is 10.5 Å². The van der Waals surface area contributed by atoms with E-state index in [9.17, 15) is 9.90 Å². The molecule has 220 valence electrons. The van der Waals surface area contributed by atoms with Crippen molar-refractivity contribution in [3.63, 3.8) is 0 Å². The third-order valence-corrected chi connectivity index (χ3v) is 10.0. The van der Waals surface area contributed by atoms with E-state index >= 15 is 0 Å². The fourth-order valence-electron chi connectivity index (χ4n) is 8.53. The fourth-order valence-corrected chi connectivity index (χ4v) is 8.53. The summed E-state index contributed by atoms with van der Waals surface area (Å²) in [6.07, 6.45) is 7.49. The Kier molecular flexibility index (Phi) is 7.77. The number of aliphatic hydroxyl groups excluding tert-OH is 1. The van der Waals surface area contributed by atoms with Gasteiger partial charge in [-0.1, -0.05) is 36.4 Å². The first kappa shape index (κ1) is 27.3. The molecule has 2 amide bonds. The van der Waals surface area contributed by atoms with Crippen LogP contribution in [0.3, 0.4) is 0 Å². The summed E-state index contributed by atoms with van der Waals surface area (Å²) in [5.74, 6) is 2.34. The number of aliphatic hydroxyl groups is 1. The van der Waals surface area contributed by atoms with E-state index in [-0.39, 0.29) is 30.4 Å². The van der Waals surface area contributed by atoms with Gasteiger partial charge in [0.1, 0.15) is 0 Å². The maximum Gasteiger partial charge on any atom is 0.319 e. The zero-order valence-electron chi connectivity index (χ0n) is 23.8. The number of ether oxygens (including phenoxy) is 3. The van der Waals surface area contributed by atoms with Crippen molar-refractivity contribution in [3.8, 4) is 0 Å². The van der Waals surface area contributed by atoms with Gasteiger partial charge in [0.15, 0.2) is 6.29 Å². The Bertz CT molecular complexity index is 1180. The molecule has 6 fully saturated rings. The standard InChI is InChI=1S/C33H43N3O5/c37-21-22-4-6-26(7-5-22)30-16-29(20-36-8-10-39-11-9-36)40-31(41-30)27-2-1-3-28(15-27)34-32(38)35-33-17-23-12-24(18-33)14-25(13-23)19-33/h1-7,15,23-25,29-31,37H,8-14,16-21H2,(H2,34,35,38)/t23?,24?,25?,29-,30+,31+,33?/m0/s1. The van der Waals surface area contributed by atoms with E-state index in [1.165, 1.54) is 19.3 Å². The molecule has 2 aromatic carbocycles. The predicted molar refractivity (Wildman–Crippen MR) is 155 cm³/mol. The quantitative estimate of drug-likeness (QED) is 0.433. The van der Waals surface area contributed by atoms with Gasteiger partial charge < -0.3 is 30.0 Å². The van der Waals surface area contributed by atoms with Gasteiger partial charge in [-0.2, -0.15) is 0 Å². The monoisotopic (exact) mass is 561 g/mol. The minimum atomic E-state index is -0.551. The lowest BCUT2D eigenvalue weighted by molar-refractivity contribution is -0.253. The zero-order chi connectivity index (χ0) is 27.8. The number of anilines is 1. The largest absolute Gasteiger partial charge is 0.392 e. The number of benzene rings is 2. The lowest BCUT2D eigenvalue weighted by Crippen LogP contribution is -2.60. The number of rotatable bonds is 7. The van der Waals surface area contributed by atoms with Crippen LogP contribution in [-0.4, -0.2) is 60.5 Å². The van der Waals surface area contributed by atoms with Gasteiger partial charge >= 0.3 is 6.03 Å². The smallest absolute Gasteiger partial charge is 0.319 e. The number of morpholine rings is 1. The second-order valence-corrected chi connectivity index (χ2v) is 13.2. The van der Waals surface area contributed by atoms with Crippen LogP contribution in [0.25, 0.3) is 0 Å². The van der Waals surface area contributed by atoms with Crippen LogP contribution in [0.1, 0.15) is 74.0 Å². The van der Waals surface area contributed by atoms with Crippen molar-refractivity contribution in [1.29, 1.82) is 0 Å². The first-order valence-electron chi connectivity index (χ1n) is 15.5. The van der Waals surface area contributed by atoms with Crippen molar-refractivity contribution >= 4 is 11.7 Å². The van der Waals surface area contributed by atoms with Crippen LogP contribution in [0, 0.1) is 17.8 Å². The molecule has 2 heterocycles. The molecule has 4 bridgehead atoms. The van der Waals surface area contributed by atoms with E-state index in [1.54, 1.807) is 0 Å². The molecular formula is C33H43N3O5. The Morgan fingerprint density at radius 1 is 0.902 bits per heavy atom. The lowest BCUT2D eigenvalue weighted by atomic mass is 9.53. The van der Waals surface area contributed by atoms with Gasteiger partial charge in [0, 0.05) is 42.8 Å². The van der Waals surface area contributed by atoms with Crippen molar-refractivity contribution in [2.24, 2.45) is 17.8 Å². The van der Waals surface area contributed by atoms with Crippen molar-refractivity contribution < 1.29 is 24.1 Å². The number of amides is 2. The lowest BCUT2D eigenvalue weighted by Gasteiger charge is -2.56. The highest BCUT2D eigenvalue weighted by Crippen LogP contribution is 2.55. The molecule has 0 radical (unpaired) electrons. The van der Waals surface area contributed by atoms with Crippen LogP contribution >= 0.6 is 0 Å². The highest BCUT2D eigenvalue weighted by atomic mass is 16.7. The van der Waals surface area contributed by atoms with E-state index in [0.717, 1.165) is 98.7 Å². The molecule has 2 aliphatic heterocycles. The average molecular weight is 562 g/mol. The van der Waals surface area contributed by atoms with Crippen LogP contribution in [0.15, 0.2) is 48.5 Å². The predicted octanol–water partition coefficient (Wildman–Crippen LogP) is 5.15. The zero-order valence-corrected chi connectivity index (χ0v) is 23.8. The minimum Gasteiger partial charge on any atom is -0.392 e. The first-order valence-corrected chi connectivity index (χ1v) is 15.5. The molecule has 8 nitrogen and oxygen atoms in total. The molecule has 2 saturated heterocycles. The highest BCUT2D eigenvalue weighted by Gasteiger charge is 2.51. The van der Waals surface area contributed by atoms with E-state index < -0.39 is 6.29 Å². The Morgan fingerprint density at radius 3 is 2.29 bits per heavy atom.